The second-order valence-electron chi connectivity index (χ2n) is 3.31. The molecular formula is C11H14O4. The lowest BCUT2D eigenvalue weighted by molar-refractivity contribution is 0.0591. The SMILES string of the molecule is COC(=O)c1c(O)cccc1OC(C)C. The zero-order chi connectivity index (χ0) is 11.4. The van der Waals surface area contributed by atoms with Crippen molar-refractivity contribution in [3.05, 3.63) is 23.8 Å². The molecule has 0 spiro atoms. The number of hydrogen-bond donors (Lipinski definition) is 1. The van der Waals surface area contributed by atoms with Crippen molar-refractivity contribution >= 4 is 5.97 Å². The molecule has 1 aromatic rings. The Balaban J connectivity index is 3.14. The lowest BCUT2D eigenvalue weighted by Crippen LogP contribution is -2.11. The van der Waals surface area contributed by atoms with Crippen LogP contribution in [0.5, 0.6) is 11.5 Å². The van der Waals surface area contributed by atoms with Gasteiger partial charge in [-0.2, -0.15) is 0 Å². The van der Waals surface area contributed by atoms with Crippen LogP contribution in [0.25, 0.3) is 0 Å². The number of carbonyl (C=O) groups excluding carboxylic acids is 1. The molecule has 15 heavy (non-hydrogen) atoms. The van der Waals surface area contributed by atoms with Gasteiger partial charge in [-0.25, -0.2) is 4.79 Å². The van der Waals surface area contributed by atoms with Crippen molar-refractivity contribution in [2.45, 2.75) is 20.0 Å². The van der Waals surface area contributed by atoms with Gasteiger partial charge in [0.15, 0.2) is 0 Å². The first kappa shape index (κ1) is 11.4. The van der Waals surface area contributed by atoms with E-state index < -0.39 is 5.97 Å². The highest BCUT2D eigenvalue weighted by atomic mass is 16.5. The zero-order valence-corrected chi connectivity index (χ0v) is 8.98. The Labute approximate surface area is 88.4 Å². The smallest absolute Gasteiger partial charge is 0.345 e. The predicted octanol–water partition coefficient (Wildman–Crippen LogP) is 1.97. The summed E-state index contributed by atoms with van der Waals surface area (Å²) in [6.45, 7) is 3.68. The van der Waals surface area contributed by atoms with Gasteiger partial charge in [-0.05, 0) is 26.0 Å². The Morgan fingerprint density at radius 1 is 1.40 bits per heavy atom. The van der Waals surface area contributed by atoms with Gasteiger partial charge in [0.2, 0.25) is 0 Å². The van der Waals surface area contributed by atoms with Crippen LogP contribution in [0.2, 0.25) is 0 Å². The van der Waals surface area contributed by atoms with Crippen LogP contribution < -0.4 is 4.74 Å². The van der Waals surface area contributed by atoms with Crippen molar-refractivity contribution in [3.8, 4) is 11.5 Å². The van der Waals surface area contributed by atoms with E-state index in [1.165, 1.54) is 13.2 Å². The van der Waals surface area contributed by atoms with Gasteiger partial charge in [-0.15, -0.1) is 0 Å². The van der Waals surface area contributed by atoms with Crippen LogP contribution in [-0.2, 0) is 4.74 Å². The average Bonchev–Trinajstić information content (AvgIpc) is 2.16. The predicted molar refractivity (Wildman–Crippen MR) is 55.2 cm³/mol. The zero-order valence-electron chi connectivity index (χ0n) is 8.98. The van der Waals surface area contributed by atoms with Crippen molar-refractivity contribution in [1.29, 1.82) is 0 Å². The number of benzene rings is 1. The molecule has 0 amide bonds. The molecule has 0 unspecified atom stereocenters. The highest BCUT2D eigenvalue weighted by molar-refractivity contribution is 5.95. The third-order valence-electron chi connectivity index (χ3n) is 1.76. The van der Waals surface area contributed by atoms with E-state index in [0.29, 0.717) is 5.75 Å². The standard InChI is InChI=1S/C11H14O4/c1-7(2)15-9-6-4-5-8(12)10(9)11(13)14-3/h4-7,12H,1-3H3. The van der Waals surface area contributed by atoms with Crippen LogP contribution in [0.1, 0.15) is 24.2 Å². The fourth-order valence-electron chi connectivity index (χ4n) is 1.18. The third-order valence-corrected chi connectivity index (χ3v) is 1.76. The fraction of sp³-hybridized carbons (Fsp3) is 0.364. The second-order valence-corrected chi connectivity index (χ2v) is 3.31. The molecule has 4 heteroatoms. The molecule has 0 saturated heterocycles. The minimum absolute atomic E-state index is 0.0636. The Morgan fingerprint density at radius 2 is 2.07 bits per heavy atom. The van der Waals surface area contributed by atoms with Gasteiger partial charge in [-0.1, -0.05) is 6.07 Å². The highest BCUT2D eigenvalue weighted by Gasteiger charge is 2.18. The van der Waals surface area contributed by atoms with Crippen molar-refractivity contribution in [1.82, 2.24) is 0 Å². The number of ether oxygens (including phenoxy) is 2. The van der Waals surface area contributed by atoms with Gasteiger partial charge < -0.3 is 14.6 Å². The van der Waals surface area contributed by atoms with Gasteiger partial charge >= 0.3 is 5.97 Å². The van der Waals surface area contributed by atoms with E-state index >= 15 is 0 Å². The maximum Gasteiger partial charge on any atom is 0.345 e. The Hall–Kier alpha value is -1.71. The highest BCUT2D eigenvalue weighted by Crippen LogP contribution is 2.28. The summed E-state index contributed by atoms with van der Waals surface area (Å²) in [4.78, 5) is 11.4. The molecule has 1 rings (SSSR count). The van der Waals surface area contributed by atoms with Crippen LogP contribution in [0.4, 0.5) is 0 Å². The molecule has 1 aromatic carbocycles. The summed E-state index contributed by atoms with van der Waals surface area (Å²) in [6, 6.07) is 4.64. The number of carbonyl (C=O) groups is 1. The van der Waals surface area contributed by atoms with Gasteiger partial charge in [0.1, 0.15) is 17.1 Å². The van der Waals surface area contributed by atoms with Crippen LogP contribution in [-0.4, -0.2) is 24.3 Å². The Bertz CT molecular complexity index is 358. The number of phenols is 1. The normalized spacial score (nSPS) is 10.1. The minimum atomic E-state index is -0.608. The summed E-state index contributed by atoms with van der Waals surface area (Å²) in [5.41, 5.74) is 0.0636. The van der Waals surface area contributed by atoms with Crippen molar-refractivity contribution in [2.75, 3.05) is 7.11 Å². The molecule has 0 aromatic heterocycles. The van der Waals surface area contributed by atoms with Crippen LogP contribution in [0, 0.1) is 0 Å². The lowest BCUT2D eigenvalue weighted by Gasteiger charge is -2.13. The molecule has 0 aliphatic heterocycles. The first-order valence-corrected chi connectivity index (χ1v) is 4.63. The first-order chi connectivity index (χ1) is 7.06. The van der Waals surface area contributed by atoms with E-state index in [9.17, 15) is 9.90 Å². The molecule has 1 N–H and O–H groups in total. The van der Waals surface area contributed by atoms with E-state index in [2.05, 4.69) is 4.74 Å². The average molecular weight is 210 g/mol. The molecule has 0 aliphatic carbocycles. The van der Waals surface area contributed by atoms with E-state index in [-0.39, 0.29) is 17.4 Å². The quantitative estimate of drug-likeness (QED) is 0.775. The monoisotopic (exact) mass is 210 g/mol. The molecule has 0 aliphatic rings. The van der Waals surface area contributed by atoms with Crippen molar-refractivity contribution in [3.63, 3.8) is 0 Å². The van der Waals surface area contributed by atoms with E-state index in [1.807, 2.05) is 13.8 Å². The molecule has 4 nitrogen and oxygen atoms in total. The van der Waals surface area contributed by atoms with Crippen molar-refractivity contribution in [2.24, 2.45) is 0 Å². The third kappa shape index (κ3) is 2.62. The largest absolute Gasteiger partial charge is 0.507 e. The van der Waals surface area contributed by atoms with Gasteiger partial charge in [0.25, 0.3) is 0 Å². The van der Waals surface area contributed by atoms with E-state index in [1.54, 1.807) is 12.1 Å². The summed E-state index contributed by atoms with van der Waals surface area (Å²) in [7, 11) is 1.26. The number of phenolic OH excluding ortho intramolecular Hbond substituents is 1. The van der Waals surface area contributed by atoms with Gasteiger partial charge in [-0.3, -0.25) is 0 Å². The number of rotatable bonds is 3. The second kappa shape index (κ2) is 4.68. The van der Waals surface area contributed by atoms with Crippen LogP contribution in [0.15, 0.2) is 18.2 Å². The summed E-state index contributed by atoms with van der Waals surface area (Å²) >= 11 is 0. The molecule has 0 saturated carbocycles. The maximum absolute atomic E-state index is 11.4. The Kier molecular flexibility index (Phi) is 3.55. The summed E-state index contributed by atoms with van der Waals surface area (Å²) in [6.07, 6.45) is -0.0739. The molecule has 0 radical (unpaired) electrons. The molecular weight excluding hydrogens is 196 g/mol. The van der Waals surface area contributed by atoms with Crippen molar-refractivity contribution < 1.29 is 19.4 Å². The molecule has 82 valence electrons. The molecule has 0 heterocycles. The molecule has 0 atom stereocenters. The maximum atomic E-state index is 11.4. The topological polar surface area (TPSA) is 55.8 Å². The number of methoxy groups -OCH3 is 1. The summed E-state index contributed by atoms with van der Waals surface area (Å²) in [5, 5.41) is 9.52. The fourth-order valence-corrected chi connectivity index (χ4v) is 1.18. The van der Waals surface area contributed by atoms with Gasteiger partial charge in [0.05, 0.1) is 13.2 Å². The molecule has 0 bridgehead atoms. The van der Waals surface area contributed by atoms with Crippen LogP contribution in [0.3, 0.4) is 0 Å². The first-order valence-electron chi connectivity index (χ1n) is 4.63. The minimum Gasteiger partial charge on any atom is -0.507 e. The summed E-state index contributed by atoms with van der Waals surface area (Å²) in [5.74, 6) is -0.416. The summed E-state index contributed by atoms with van der Waals surface area (Å²) < 4.78 is 9.95. The molecule has 0 fully saturated rings. The Morgan fingerprint density at radius 3 is 2.60 bits per heavy atom. The van der Waals surface area contributed by atoms with E-state index in [4.69, 9.17) is 4.74 Å². The lowest BCUT2D eigenvalue weighted by atomic mass is 10.2. The number of hydrogen-bond acceptors (Lipinski definition) is 4. The van der Waals surface area contributed by atoms with E-state index in [0.717, 1.165) is 0 Å². The number of esters is 1. The number of aromatic hydroxyl groups is 1. The van der Waals surface area contributed by atoms with Gasteiger partial charge in [0, 0.05) is 0 Å². The van der Waals surface area contributed by atoms with Crippen LogP contribution >= 0.6 is 0 Å².